The van der Waals surface area contributed by atoms with Gasteiger partial charge in [0.15, 0.2) is 0 Å². The molecule has 0 aliphatic heterocycles. The molecule has 0 aliphatic carbocycles. The largest absolute Gasteiger partial charge is 0.240 e. The van der Waals surface area contributed by atoms with E-state index in [1.807, 2.05) is 6.07 Å². The SMILES string of the molecule is Cc1ccc(Br)cc1S(=O)(=O)NCCC#N. The maximum absolute atomic E-state index is 11.8. The van der Waals surface area contributed by atoms with E-state index in [0.717, 1.165) is 0 Å². The molecule has 0 radical (unpaired) electrons. The van der Waals surface area contributed by atoms with Crippen LogP contribution in [-0.2, 0) is 10.0 Å². The first-order chi connectivity index (χ1) is 7.47. The molecule has 1 rings (SSSR count). The molecule has 6 heteroatoms. The van der Waals surface area contributed by atoms with E-state index in [1.54, 1.807) is 25.1 Å². The second-order valence-electron chi connectivity index (χ2n) is 3.22. The molecular weight excluding hydrogens is 292 g/mol. The number of nitrogens with one attached hydrogen (secondary N) is 1. The summed E-state index contributed by atoms with van der Waals surface area (Å²) in [6, 6.07) is 6.93. The third-order valence-corrected chi connectivity index (χ3v) is 4.06. The minimum absolute atomic E-state index is 0.130. The number of nitrogens with zero attached hydrogens (tertiary/aromatic N) is 1. The minimum Gasteiger partial charge on any atom is -0.210 e. The van der Waals surface area contributed by atoms with Crippen LogP contribution in [0.4, 0.5) is 0 Å². The van der Waals surface area contributed by atoms with Crippen molar-refractivity contribution < 1.29 is 8.42 Å². The van der Waals surface area contributed by atoms with Crippen molar-refractivity contribution in [2.75, 3.05) is 6.54 Å². The molecule has 0 saturated heterocycles. The Bertz CT molecular complexity index is 520. The number of rotatable bonds is 4. The fourth-order valence-electron chi connectivity index (χ4n) is 1.18. The highest BCUT2D eigenvalue weighted by molar-refractivity contribution is 9.10. The molecule has 0 unspecified atom stereocenters. The van der Waals surface area contributed by atoms with Gasteiger partial charge >= 0.3 is 0 Å². The van der Waals surface area contributed by atoms with E-state index in [-0.39, 0.29) is 17.9 Å². The molecule has 0 atom stereocenters. The topological polar surface area (TPSA) is 70.0 Å². The molecular formula is C10H11BrN2O2S. The zero-order valence-electron chi connectivity index (χ0n) is 8.70. The van der Waals surface area contributed by atoms with Gasteiger partial charge in [-0.15, -0.1) is 0 Å². The van der Waals surface area contributed by atoms with Crippen molar-refractivity contribution in [3.8, 4) is 6.07 Å². The van der Waals surface area contributed by atoms with Gasteiger partial charge in [-0.1, -0.05) is 22.0 Å². The lowest BCUT2D eigenvalue weighted by Crippen LogP contribution is -2.25. The summed E-state index contributed by atoms with van der Waals surface area (Å²) in [5.41, 5.74) is 0.674. The third kappa shape index (κ3) is 3.30. The molecule has 0 amide bonds. The van der Waals surface area contributed by atoms with Gasteiger partial charge in [0.25, 0.3) is 0 Å². The summed E-state index contributed by atoms with van der Waals surface area (Å²) in [7, 11) is -3.52. The summed E-state index contributed by atoms with van der Waals surface area (Å²) >= 11 is 3.23. The first-order valence-electron chi connectivity index (χ1n) is 4.60. The quantitative estimate of drug-likeness (QED) is 0.864. The Balaban J connectivity index is 2.99. The van der Waals surface area contributed by atoms with Crippen LogP contribution in [-0.4, -0.2) is 15.0 Å². The van der Waals surface area contributed by atoms with Crippen molar-refractivity contribution in [3.05, 3.63) is 28.2 Å². The zero-order valence-corrected chi connectivity index (χ0v) is 11.1. The number of halogens is 1. The molecule has 0 spiro atoms. The van der Waals surface area contributed by atoms with Crippen LogP contribution < -0.4 is 4.72 Å². The highest BCUT2D eigenvalue weighted by Crippen LogP contribution is 2.20. The highest BCUT2D eigenvalue weighted by atomic mass is 79.9. The van der Waals surface area contributed by atoms with Gasteiger partial charge in [-0.2, -0.15) is 5.26 Å². The summed E-state index contributed by atoms with van der Waals surface area (Å²) in [6.07, 6.45) is 0.159. The lowest BCUT2D eigenvalue weighted by atomic mass is 10.2. The van der Waals surface area contributed by atoms with E-state index in [0.29, 0.717) is 10.0 Å². The van der Waals surface area contributed by atoms with Gasteiger partial charge in [-0.3, -0.25) is 0 Å². The molecule has 0 bridgehead atoms. The number of nitriles is 1. The fourth-order valence-corrected chi connectivity index (χ4v) is 3.00. The predicted octanol–water partition coefficient (Wildman–Crippen LogP) is 1.95. The first-order valence-corrected chi connectivity index (χ1v) is 6.88. The normalized spacial score (nSPS) is 11.1. The molecule has 4 nitrogen and oxygen atoms in total. The van der Waals surface area contributed by atoms with Crippen molar-refractivity contribution in [1.82, 2.24) is 4.72 Å². The Morgan fingerprint density at radius 1 is 1.50 bits per heavy atom. The van der Waals surface area contributed by atoms with E-state index < -0.39 is 10.0 Å². The lowest BCUT2D eigenvalue weighted by molar-refractivity contribution is 0.581. The number of aryl methyl sites for hydroxylation is 1. The first kappa shape index (κ1) is 13.2. The maximum atomic E-state index is 11.8. The molecule has 1 N–H and O–H groups in total. The van der Waals surface area contributed by atoms with Crippen LogP contribution in [0, 0.1) is 18.3 Å². The summed E-state index contributed by atoms with van der Waals surface area (Å²) in [5, 5.41) is 8.34. The molecule has 0 aliphatic rings. The van der Waals surface area contributed by atoms with Gasteiger partial charge in [0, 0.05) is 17.4 Å². The number of hydrogen-bond acceptors (Lipinski definition) is 3. The highest BCUT2D eigenvalue weighted by Gasteiger charge is 2.16. The molecule has 0 aromatic heterocycles. The monoisotopic (exact) mass is 302 g/mol. The van der Waals surface area contributed by atoms with Crippen molar-refractivity contribution >= 4 is 26.0 Å². The number of sulfonamides is 1. The number of hydrogen-bond donors (Lipinski definition) is 1. The number of benzene rings is 1. The minimum atomic E-state index is -3.52. The van der Waals surface area contributed by atoms with Gasteiger partial charge in [0.1, 0.15) is 0 Å². The van der Waals surface area contributed by atoms with Crippen LogP contribution in [0.25, 0.3) is 0 Å². The van der Waals surface area contributed by atoms with Gasteiger partial charge in [-0.05, 0) is 24.6 Å². The average molecular weight is 303 g/mol. The van der Waals surface area contributed by atoms with Crippen molar-refractivity contribution in [2.45, 2.75) is 18.2 Å². The van der Waals surface area contributed by atoms with Crippen molar-refractivity contribution in [3.63, 3.8) is 0 Å². The Kier molecular flexibility index (Phi) is 4.47. The van der Waals surface area contributed by atoms with Crippen LogP contribution in [0.2, 0.25) is 0 Å². The van der Waals surface area contributed by atoms with Gasteiger partial charge in [0.05, 0.1) is 11.0 Å². The summed E-state index contributed by atoms with van der Waals surface area (Å²) < 4.78 is 26.8. The van der Waals surface area contributed by atoms with E-state index >= 15 is 0 Å². The van der Waals surface area contributed by atoms with Crippen molar-refractivity contribution in [1.29, 1.82) is 5.26 Å². The van der Waals surface area contributed by atoms with Crippen LogP contribution >= 0.6 is 15.9 Å². The lowest BCUT2D eigenvalue weighted by Gasteiger charge is -2.08. The van der Waals surface area contributed by atoms with E-state index in [2.05, 4.69) is 20.7 Å². The van der Waals surface area contributed by atoms with Crippen LogP contribution in [0.1, 0.15) is 12.0 Å². The predicted molar refractivity (Wildman–Crippen MR) is 64.3 cm³/mol. The molecule has 1 aromatic rings. The molecule has 16 heavy (non-hydrogen) atoms. The summed E-state index contributed by atoms with van der Waals surface area (Å²) in [4.78, 5) is 0.236. The average Bonchev–Trinajstić information content (AvgIpc) is 2.22. The second kappa shape index (κ2) is 5.43. The fraction of sp³-hybridized carbons (Fsp3) is 0.300. The van der Waals surface area contributed by atoms with Gasteiger partial charge in [0.2, 0.25) is 10.0 Å². The Morgan fingerprint density at radius 2 is 2.19 bits per heavy atom. The smallest absolute Gasteiger partial charge is 0.210 e. The van der Waals surface area contributed by atoms with Crippen LogP contribution in [0.15, 0.2) is 27.6 Å². The molecule has 0 heterocycles. The summed E-state index contributed by atoms with van der Waals surface area (Å²) in [6.45, 7) is 1.86. The molecule has 1 aromatic carbocycles. The Morgan fingerprint density at radius 3 is 2.81 bits per heavy atom. The standard InChI is InChI=1S/C10H11BrN2O2S/c1-8-3-4-9(11)7-10(8)16(14,15)13-6-2-5-12/h3-4,7,13H,2,6H2,1H3. The van der Waals surface area contributed by atoms with Gasteiger partial charge in [-0.25, -0.2) is 13.1 Å². The van der Waals surface area contributed by atoms with Gasteiger partial charge < -0.3 is 0 Å². The van der Waals surface area contributed by atoms with Crippen LogP contribution in [0.5, 0.6) is 0 Å². The Labute approximate surface area is 103 Å². The molecule has 86 valence electrons. The van der Waals surface area contributed by atoms with Crippen LogP contribution in [0.3, 0.4) is 0 Å². The Hall–Kier alpha value is -0.900. The van der Waals surface area contributed by atoms with Crippen molar-refractivity contribution in [2.24, 2.45) is 0 Å². The zero-order chi connectivity index (χ0) is 12.2. The second-order valence-corrected chi connectivity index (χ2v) is 5.87. The van der Waals surface area contributed by atoms with E-state index in [1.165, 1.54) is 0 Å². The van der Waals surface area contributed by atoms with E-state index in [9.17, 15) is 8.42 Å². The molecule has 0 fully saturated rings. The summed E-state index contributed by atoms with van der Waals surface area (Å²) in [5.74, 6) is 0. The third-order valence-electron chi connectivity index (χ3n) is 1.97. The van der Waals surface area contributed by atoms with E-state index in [4.69, 9.17) is 5.26 Å². The maximum Gasteiger partial charge on any atom is 0.240 e. The molecule has 0 saturated carbocycles.